The van der Waals surface area contributed by atoms with E-state index in [1.54, 1.807) is 12.1 Å². The Labute approximate surface area is 144 Å². The Morgan fingerprint density at radius 2 is 2.00 bits per heavy atom. The van der Waals surface area contributed by atoms with Crippen LogP contribution in [0.5, 0.6) is 0 Å². The van der Waals surface area contributed by atoms with Crippen LogP contribution in [0.25, 0.3) is 0 Å². The van der Waals surface area contributed by atoms with Crippen LogP contribution in [-0.4, -0.2) is 23.0 Å². The number of thioether (sulfide) groups is 1. The molecule has 0 aromatic heterocycles. The van der Waals surface area contributed by atoms with Gasteiger partial charge in [0.25, 0.3) is 0 Å². The lowest BCUT2D eigenvalue weighted by Gasteiger charge is -2.28. The van der Waals surface area contributed by atoms with Crippen LogP contribution in [0.2, 0.25) is 0 Å². The second-order valence-electron chi connectivity index (χ2n) is 5.99. The zero-order chi connectivity index (χ0) is 17.1. The summed E-state index contributed by atoms with van der Waals surface area (Å²) in [6, 6.07) is 7.23. The molecule has 130 valence electrons. The quantitative estimate of drug-likeness (QED) is 0.421. The molecule has 4 nitrogen and oxygen atoms in total. The van der Waals surface area contributed by atoms with Gasteiger partial charge in [0.15, 0.2) is 0 Å². The topological polar surface area (TPSA) is 81.1 Å². The number of nitrogens with two attached hydrogens (primary N) is 2. The molecule has 0 heterocycles. The number of carbonyl (C=O) groups excluding carboxylic acids is 1. The number of rotatable bonds is 11. The van der Waals surface area contributed by atoms with Crippen molar-refractivity contribution in [3.05, 3.63) is 24.3 Å². The zero-order valence-electron chi connectivity index (χ0n) is 14.4. The van der Waals surface area contributed by atoms with Gasteiger partial charge in [-0.2, -0.15) is 11.8 Å². The van der Waals surface area contributed by atoms with Crippen LogP contribution >= 0.6 is 11.8 Å². The van der Waals surface area contributed by atoms with E-state index in [2.05, 4.69) is 19.2 Å². The minimum Gasteiger partial charge on any atom is -0.399 e. The van der Waals surface area contributed by atoms with Crippen molar-refractivity contribution in [1.29, 1.82) is 0 Å². The fourth-order valence-electron chi connectivity index (χ4n) is 2.49. The fraction of sp³-hybridized carbons (Fsp3) is 0.611. The molecule has 5 heteroatoms. The molecule has 0 spiro atoms. The van der Waals surface area contributed by atoms with Crippen molar-refractivity contribution in [1.82, 2.24) is 0 Å². The van der Waals surface area contributed by atoms with Crippen molar-refractivity contribution in [2.45, 2.75) is 57.9 Å². The number of nitrogen functional groups attached to an aromatic ring is 1. The highest BCUT2D eigenvalue weighted by atomic mass is 32.2. The van der Waals surface area contributed by atoms with E-state index < -0.39 is 5.54 Å². The summed E-state index contributed by atoms with van der Waals surface area (Å²) in [5, 5.41) is 2.94. The molecule has 0 aliphatic rings. The van der Waals surface area contributed by atoms with Crippen molar-refractivity contribution in [3.63, 3.8) is 0 Å². The van der Waals surface area contributed by atoms with E-state index in [4.69, 9.17) is 11.5 Å². The van der Waals surface area contributed by atoms with Gasteiger partial charge in [-0.05, 0) is 42.5 Å². The molecule has 0 aliphatic heterocycles. The number of nitrogens with one attached hydrogen (secondary N) is 1. The molecule has 0 saturated carbocycles. The van der Waals surface area contributed by atoms with Gasteiger partial charge < -0.3 is 16.8 Å². The molecule has 0 radical (unpaired) electrons. The number of hydrogen-bond acceptors (Lipinski definition) is 4. The minimum atomic E-state index is -0.805. The van der Waals surface area contributed by atoms with Gasteiger partial charge in [-0.15, -0.1) is 0 Å². The highest BCUT2D eigenvalue weighted by molar-refractivity contribution is 7.99. The maximum Gasteiger partial charge on any atom is 0.244 e. The Morgan fingerprint density at radius 1 is 1.22 bits per heavy atom. The molecule has 0 bridgehead atoms. The van der Waals surface area contributed by atoms with Gasteiger partial charge in [0.2, 0.25) is 5.91 Å². The van der Waals surface area contributed by atoms with Crippen molar-refractivity contribution in [2.24, 2.45) is 5.73 Å². The third-order valence-corrected chi connectivity index (χ3v) is 4.87. The van der Waals surface area contributed by atoms with Gasteiger partial charge in [0.05, 0.1) is 5.54 Å². The van der Waals surface area contributed by atoms with Gasteiger partial charge in [0.1, 0.15) is 0 Å². The van der Waals surface area contributed by atoms with Crippen molar-refractivity contribution >= 4 is 29.0 Å². The van der Waals surface area contributed by atoms with Crippen molar-refractivity contribution < 1.29 is 4.79 Å². The van der Waals surface area contributed by atoms with Gasteiger partial charge >= 0.3 is 0 Å². The Hall–Kier alpha value is -1.20. The van der Waals surface area contributed by atoms with Crippen LogP contribution < -0.4 is 16.8 Å². The molecule has 1 amide bonds. The van der Waals surface area contributed by atoms with Crippen molar-refractivity contribution in [2.75, 3.05) is 22.6 Å². The lowest BCUT2D eigenvalue weighted by Crippen LogP contribution is -2.51. The van der Waals surface area contributed by atoms with E-state index in [1.807, 2.05) is 23.9 Å². The predicted octanol–water partition coefficient (Wildman–Crippen LogP) is 4.02. The summed E-state index contributed by atoms with van der Waals surface area (Å²) in [6.45, 7) is 4.30. The highest BCUT2D eigenvalue weighted by Crippen LogP contribution is 2.22. The largest absolute Gasteiger partial charge is 0.399 e. The average Bonchev–Trinajstić information content (AvgIpc) is 2.52. The third-order valence-electron chi connectivity index (χ3n) is 3.97. The Kier molecular flexibility index (Phi) is 9.10. The average molecular weight is 338 g/mol. The molecular weight excluding hydrogens is 306 g/mol. The van der Waals surface area contributed by atoms with E-state index >= 15 is 0 Å². The van der Waals surface area contributed by atoms with Crippen LogP contribution in [-0.2, 0) is 4.79 Å². The molecule has 0 saturated heterocycles. The lowest BCUT2D eigenvalue weighted by molar-refractivity contribution is -0.121. The van der Waals surface area contributed by atoms with Gasteiger partial charge in [-0.3, -0.25) is 4.79 Å². The molecule has 0 unspecified atom stereocenters. The monoisotopic (exact) mass is 337 g/mol. The molecule has 1 aromatic rings. The van der Waals surface area contributed by atoms with Crippen LogP contribution in [0, 0.1) is 0 Å². The number of unbranched alkanes of at least 4 members (excludes halogenated alkanes) is 3. The first-order valence-electron chi connectivity index (χ1n) is 8.55. The van der Waals surface area contributed by atoms with E-state index in [9.17, 15) is 4.79 Å². The zero-order valence-corrected chi connectivity index (χ0v) is 15.3. The normalized spacial score (nSPS) is 13.5. The predicted molar refractivity (Wildman–Crippen MR) is 103 cm³/mol. The second-order valence-corrected chi connectivity index (χ2v) is 7.39. The SMILES string of the molecule is CCCCCC[C@](N)(CCSCC)C(=O)Nc1cccc(N)c1. The van der Waals surface area contributed by atoms with Crippen LogP contribution in [0.4, 0.5) is 11.4 Å². The van der Waals surface area contributed by atoms with E-state index in [0.29, 0.717) is 17.8 Å². The Bertz CT molecular complexity index is 481. The standard InChI is InChI=1S/C18H31N3OS/c1-3-5-6-7-11-18(20,12-13-23-4-2)17(22)21-16-10-8-9-15(19)14-16/h8-10,14H,3-7,11-13,19-20H2,1-2H3,(H,21,22)/t18-/m0/s1. The molecule has 1 aromatic carbocycles. The summed E-state index contributed by atoms with van der Waals surface area (Å²) in [5.41, 5.74) is 12.8. The number of carbonyl (C=O) groups is 1. The minimum absolute atomic E-state index is 0.101. The van der Waals surface area contributed by atoms with Gasteiger partial charge in [-0.25, -0.2) is 0 Å². The van der Waals surface area contributed by atoms with Gasteiger partial charge in [-0.1, -0.05) is 45.6 Å². The third kappa shape index (κ3) is 7.27. The summed E-state index contributed by atoms with van der Waals surface area (Å²) in [7, 11) is 0. The summed E-state index contributed by atoms with van der Waals surface area (Å²) < 4.78 is 0. The fourth-order valence-corrected chi connectivity index (χ4v) is 3.29. The lowest BCUT2D eigenvalue weighted by atomic mass is 9.89. The van der Waals surface area contributed by atoms with E-state index in [1.165, 1.54) is 12.8 Å². The summed E-state index contributed by atoms with van der Waals surface area (Å²) in [4.78, 5) is 12.7. The van der Waals surface area contributed by atoms with Crippen LogP contribution in [0.3, 0.4) is 0 Å². The molecule has 23 heavy (non-hydrogen) atoms. The summed E-state index contributed by atoms with van der Waals surface area (Å²) in [6.07, 6.45) is 5.92. The first-order chi connectivity index (χ1) is 11.0. The Morgan fingerprint density at radius 3 is 2.65 bits per heavy atom. The smallest absolute Gasteiger partial charge is 0.244 e. The molecule has 1 atom stereocenters. The number of anilines is 2. The van der Waals surface area contributed by atoms with Crippen molar-refractivity contribution in [3.8, 4) is 0 Å². The number of hydrogen-bond donors (Lipinski definition) is 3. The first-order valence-corrected chi connectivity index (χ1v) is 9.71. The van der Waals surface area contributed by atoms with Crippen LogP contribution in [0.1, 0.15) is 52.4 Å². The highest BCUT2D eigenvalue weighted by Gasteiger charge is 2.33. The maximum absolute atomic E-state index is 12.7. The first kappa shape index (κ1) is 19.8. The summed E-state index contributed by atoms with van der Waals surface area (Å²) >= 11 is 1.82. The molecule has 5 N–H and O–H groups in total. The van der Waals surface area contributed by atoms with E-state index in [-0.39, 0.29) is 5.91 Å². The maximum atomic E-state index is 12.7. The Balaban J connectivity index is 2.69. The van der Waals surface area contributed by atoms with Crippen LogP contribution in [0.15, 0.2) is 24.3 Å². The second kappa shape index (κ2) is 10.6. The summed E-state index contributed by atoms with van der Waals surface area (Å²) in [5.74, 6) is 1.85. The molecule has 0 aliphatic carbocycles. The molecule has 1 rings (SSSR count). The number of amides is 1. The molecular formula is C18H31N3OS. The van der Waals surface area contributed by atoms with Gasteiger partial charge in [0, 0.05) is 11.4 Å². The molecule has 0 fully saturated rings. The number of benzene rings is 1. The van der Waals surface area contributed by atoms with E-state index in [0.717, 1.165) is 30.8 Å².